The summed E-state index contributed by atoms with van der Waals surface area (Å²) in [6, 6.07) is 6.34. The molecule has 0 spiro atoms. The van der Waals surface area contributed by atoms with Gasteiger partial charge in [-0.25, -0.2) is 0 Å². The van der Waals surface area contributed by atoms with Crippen LogP contribution in [0.3, 0.4) is 0 Å². The minimum atomic E-state index is 0.400. The fraction of sp³-hybridized carbons (Fsp3) is 0.462. The SMILES string of the molecule is CC(C)CC(C)Nc1cccc(Br)c1C(N)=S. The summed E-state index contributed by atoms with van der Waals surface area (Å²) < 4.78 is 0.937. The van der Waals surface area contributed by atoms with E-state index in [0.29, 0.717) is 16.9 Å². The lowest BCUT2D eigenvalue weighted by Crippen LogP contribution is -2.21. The van der Waals surface area contributed by atoms with Crippen LogP contribution in [0.2, 0.25) is 0 Å². The zero-order valence-corrected chi connectivity index (χ0v) is 12.9. The third-order valence-corrected chi connectivity index (χ3v) is 3.35. The molecule has 17 heavy (non-hydrogen) atoms. The maximum absolute atomic E-state index is 5.75. The van der Waals surface area contributed by atoms with E-state index in [1.165, 1.54) is 0 Å². The van der Waals surface area contributed by atoms with Crippen LogP contribution in [-0.2, 0) is 0 Å². The van der Waals surface area contributed by atoms with Gasteiger partial charge in [-0.2, -0.15) is 0 Å². The smallest absolute Gasteiger partial charge is 0.107 e. The van der Waals surface area contributed by atoms with Crippen molar-refractivity contribution < 1.29 is 0 Å². The normalized spacial score (nSPS) is 12.5. The van der Waals surface area contributed by atoms with Crippen LogP contribution in [0.15, 0.2) is 22.7 Å². The predicted molar refractivity (Wildman–Crippen MR) is 82.6 cm³/mol. The molecule has 0 aliphatic carbocycles. The average molecular weight is 315 g/mol. The van der Waals surface area contributed by atoms with Crippen LogP contribution in [0, 0.1) is 5.92 Å². The summed E-state index contributed by atoms with van der Waals surface area (Å²) in [5.41, 5.74) is 7.64. The van der Waals surface area contributed by atoms with Crippen molar-refractivity contribution in [3.63, 3.8) is 0 Å². The average Bonchev–Trinajstić information content (AvgIpc) is 2.15. The van der Waals surface area contributed by atoms with Gasteiger partial charge in [0.05, 0.1) is 0 Å². The highest BCUT2D eigenvalue weighted by Crippen LogP contribution is 2.26. The van der Waals surface area contributed by atoms with Crippen LogP contribution in [0.25, 0.3) is 0 Å². The highest BCUT2D eigenvalue weighted by atomic mass is 79.9. The van der Waals surface area contributed by atoms with Crippen molar-refractivity contribution in [2.45, 2.75) is 33.2 Å². The molecule has 0 amide bonds. The van der Waals surface area contributed by atoms with Crippen LogP contribution >= 0.6 is 28.1 Å². The molecule has 1 aromatic rings. The van der Waals surface area contributed by atoms with Gasteiger partial charge in [0.15, 0.2) is 0 Å². The summed E-state index contributed by atoms with van der Waals surface area (Å²) in [5, 5.41) is 3.47. The summed E-state index contributed by atoms with van der Waals surface area (Å²) >= 11 is 8.57. The molecule has 94 valence electrons. The molecule has 0 radical (unpaired) electrons. The largest absolute Gasteiger partial charge is 0.389 e. The molecule has 0 aliphatic heterocycles. The van der Waals surface area contributed by atoms with Crippen molar-refractivity contribution in [1.29, 1.82) is 0 Å². The molecule has 2 nitrogen and oxygen atoms in total. The fourth-order valence-electron chi connectivity index (χ4n) is 1.93. The zero-order valence-electron chi connectivity index (χ0n) is 10.5. The molecule has 1 atom stereocenters. The first-order chi connectivity index (χ1) is 7.91. The molecule has 0 saturated heterocycles. The van der Waals surface area contributed by atoms with Crippen molar-refractivity contribution in [2.75, 3.05) is 5.32 Å². The minimum absolute atomic E-state index is 0.400. The van der Waals surface area contributed by atoms with E-state index in [4.69, 9.17) is 18.0 Å². The number of halogens is 1. The Balaban J connectivity index is 2.91. The summed E-state index contributed by atoms with van der Waals surface area (Å²) in [6.07, 6.45) is 1.11. The van der Waals surface area contributed by atoms with Crippen molar-refractivity contribution in [3.8, 4) is 0 Å². The number of hydrogen-bond acceptors (Lipinski definition) is 2. The first kappa shape index (κ1) is 14.5. The lowest BCUT2D eigenvalue weighted by molar-refractivity contribution is 0.540. The Bertz CT molecular complexity index is 404. The Kier molecular flexibility index (Phi) is 5.40. The molecule has 0 aliphatic rings. The van der Waals surface area contributed by atoms with Gasteiger partial charge in [0, 0.05) is 21.8 Å². The molecule has 0 bridgehead atoms. The van der Waals surface area contributed by atoms with E-state index < -0.39 is 0 Å². The highest BCUT2D eigenvalue weighted by Gasteiger charge is 2.12. The molecule has 1 rings (SSSR count). The van der Waals surface area contributed by atoms with E-state index in [1.807, 2.05) is 18.2 Å². The number of thiocarbonyl (C=S) groups is 1. The zero-order chi connectivity index (χ0) is 13.0. The molecule has 1 aromatic carbocycles. The van der Waals surface area contributed by atoms with Gasteiger partial charge in [-0.1, -0.05) is 32.1 Å². The quantitative estimate of drug-likeness (QED) is 0.809. The Morgan fingerprint density at radius 3 is 2.59 bits per heavy atom. The molecule has 3 N–H and O–H groups in total. The van der Waals surface area contributed by atoms with Crippen LogP contribution in [0.4, 0.5) is 5.69 Å². The number of anilines is 1. The van der Waals surface area contributed by atoms with Crippen LogP contribution in [0.1, 0.15) is 32.8 Å². The summed E-state index contributed by atoms with van der Waals surface area (Å²) in [5.74, 6) is 0.665. The number of hydrogen-bond donors (Lipinski definition) is 2. The van der Waals surface area contributed by atoms with E-state index in [0.717, 1.165) is 22.1 Å². The number of nitrogens with one attached hydrogen (secondary N) is 1. The molecular weight excluding hydrogens is 296 g/mol. The van der Waals surface area contributed by atoms with Crippen molar-refractivity contribution in [2.24, 2.45) is 11.7 Å². The maximum atomic E-state index is 5.75. The van der Waals surface area contributed by atoms with E-state index in [-0.39, 0.29) is 0 Å². The summed E-state index contributed by atoms with van der Waals surface area (Å²) in [4.78, 5) is 0.414. The lowest BCUT2D eigenvalue weighted by Gasteiger charge is -2.20. The van der Waals surface area contributed by atoms with Gasteiger partial charge in [-0.05, 0) is 47.3 Å². The van der Waals surface area contributed by atoms with Gasteiger partial charge in [0.1, 0.15) is 4.99 Å². The van der Waals surface area contributed by atoms with Gasteiger partial charge in [0.2, 0.25) is 0 Å². The van der Waals surface area contributed by atoms with Gasteiger partial charge in [-0.3, -0.25) is 0 Å². The number of benzene rings is 1. The maximum Gasteiger partial charge on any atom is 0.107 e. The molecule has 1 unspecified atom stereocenters. The lowest BCUT2D eigenvalue weighted by atomic mass is 10.0. The summed E-state index contributed by atoms with van der Waals surface area (Å²) in [7, 11) is 0. The van der Waals surface area contributed by atoms with Gasteiger partial charge >= 0.3 is 0 Å². The third kappa shape index (κ3) is 4.28. The molecular formula is C13H19BrN2S. The Hall–Kier alpha value is -0.610. The van der Waals surface area contributed by atoms with Crippen LogP contribution in [0.5, 0.6) is 0 Å². The molecule has 0 saturated carbocycles. The Morgan fingerprint density at radius 2 is 2.06 bits per heavy atom. The number of nitrogens with two attached hydrogens (primary N) is 1. The van der Waals surface area contributed by atoms with E-state index in [9.17, 15) is 0 Å². The van der Waals surface area contributed by atoms with Gasteiger partial charge in [0.25, 0.3) is 0 Å². The topological polar surface area (TPSA) is 38.0 Å². The Labute approximate surface area is 117 Å². The van der Waals surface area contributed by atoms with Gasteiger partial charge in [-0.15, -0.1) is 0 Å². The monoisotopic (exact) mass is 314 g/mol. The minimum Gasteiger partial charge on any atom is -0.389 e. The Morgan fingerprint density at radius 1 is 1.41 bits per heavy atom. The van der Waals surface area contributed by atoms with E-state index >= 15 is 0 Å². The highest BCUT2D eigenvalue weighted by molar-refractivity contribution is 9.10. The van der Waals surface area contributed by atoms with Crippen LogP contribution in [-0.4, -0.2) is 11.0 Å². The van der Waals surface area contributed by atoms with E-state index in [1.54, 1.807) is 0 Å². The van der Waals surface area contributed by atoms with E-state index in [2.05, 4.69) is 42.0 Å². The standard InChI is InChI=1S/C13H19BrN2S/c1-8(2)7-9(3)16-11-6-4-5-10(14)12(11)13(15)17/h4-6,8-9,16H,7H2,1-3H3,(H2,15,17). The molecule has 0 heterocycles. The predicted octanol–water partition coefficient (Wildman–Crippen LogP) is 3.93. The second-order valence-electron chi connectivity index (χ2n) is 4.70. The van der Waals surface area contributed by atoms with Crippen LogP contribution < -0.4 is 11.1 Å². The molecule has 0 fully saturated rings. The van der Waals surface area contributed by atoms with Gasteiger partial charge < -0.3 is 11.1 Å². The second kappa shape index (κ2) is 6.36. The first-order valence-electron chi connectivity index (χ1n) is 5.76. The molecule has 0 aromatic heterocycles. The van der Waals surface area contributed by atoms with Crippen molar-refractivity contribution >= 4 is 38.8 Å². The molecule has 4 heteroatoms. The van der Waals surface area contributed by atoms with Crippen molar-refractivity contribution in [3.05, 3.63) is 28.2 Å². The first-order valence-corrected chi connectivity index (χ1v) is 6.96. The number of rotatable bonds is 5. The third-order valence-electron chi connectivity index (χ3n) is 2.49. The summed E-state index contributed by atoms with van der Waals surface area (Å²) in [6.45, 7) is 6.60. The second-order valence-corrected chi connectivity index (χ2v) is 6.00. The fourth-order valence-corrected chi connectivity index (χ4v) is 2.86. The van der Waals surface area contributed by atoms with Crippen molar-refractivity contribution in [1.82, 2.24) is 0 Å².